The summed E-state index contributed by atoms with van der Waals surface area (Å²) >= 11 is 1.61. The van der Waals surface area contributed by atoms with E-state index in [-0.39, 0.29) is 29.2 Å². The Hall–Kier alpha value is -3.26. The molecule has 8 heteroatoms. The van der Waals surface area contributed by atoms with Crippen LogP contribution in [-0.2, 0) is 4.79 Å². The normalized spacial score (nSPS) is 18.3. The number of carbonyl (C=O) groups excluding carboxylic acids is 1. The molecule has 0 spiro atoms. The first kappa shape index (κ1) is 24.9. The van der Waals surface area contributed by atoms with Crippen molar-refractivity contribution in [3.8, 4) is 5.69 Å². The Bertz CT molecular complexity index is 1220. The van der Waals surface area contributed by atoms with Gasteiger partial charge in [-0.2, -0.15) is 0 Å². The first-order valence-electron chi connectivity index (χ1n) is 12.1. The lowest BCUT2D eigenvalue weighted by atomic mass is 9.82. The van der Waals surface area contributed by atoms with Gasteiger partial charge in [0.25, 0.3) is 0 Å². The number of thiazole rings is 1. The summed E-state index contributed by atoms with van der Waals surface area (Å²) in [5, 5.41) is 17.5. The predicted molar refractivity (Wildman–Crippen MR) is 140 cm³/mol. The van der Waals surface area contributed by atoms with Gasteiger partial charge < -0.3 is 5.11 Å². The van der Waals surface area contributed by atoms with E-state index < -0.39 is 5.97 Å². The fraction of sp³-hybridized carbons (Fsp3) is 0.407. The average Bonchev–Trinajstić information content (AvgIpc) is 3.45. The number of aromatic nitrogens is 3. The summed E-state index contributed by atoms with van der Waals surface area (Å²) < 4.78 is 1.54. The maximum absolute atomic E-state index is 13.5. The van der Waals surface area contributed by atoms with Gasteiger partial charge in [-0.1, -0.05) is 25.1 Å². The summed E-state index contributed by atoms with van der Waals surface area (Å²) in [5.74, 6) is -0.381. The maximum atomic E-state index is 13.5. The number of rotatable bonds is 7. The van der Waals surface area contributed by atoms with E-state index >= 15 is 0 Å². The zero-order valence-electron chi connectivity index (χ0n) is 20.6. The van der Waals surface area contributed by atoms with Crippen LogP contribution in [0.1, 0.15) is 73.1 Å². The minimum Gasteiger partial charge on any atom is -0.477 e. The highest BCUT2D eigenvalue weighted by molar-refractivity contribution is 7.09. The van der Waals surface area contributed by atoms with E-state index in [1.165, 1.54) is 6.20 Å². The molecule has 0 radical (unpaired) electrons. The van der Waals surface area contributed by atoms with E-state index in [1.54, 1.807) is 20.9 Å². The fourth-order valence-electron chi connectivity index (χ4n) is 4.51. The molecule has 1 saturated carbocycles. The number of amides is 1. The molecular formula is C27H32N4O3S. The molecule has 0 saturated heterocycles. The minimum atomic E-state index is -1.10. The van der Waals surface area contributed by atoms with Crippen molar-refractivity contribution in [3.63, 3.8) is 0 Å². The van der Waals surface area contributed by atoms with Crippen molar-refractivity contribution in [1.29, 1.82) is 0 Å². The van der Waals surface area contributed by atoms with Gasteiger partial charge in [-0.25, -0.2) is 14.5 Å². The number of carbonyl (C=O) groups is 2. The molecule has 0 aliphatic heterocycles. The number of aryl methyl sites for hydroxylation is 1. The predicted octanol–water partition coefficient (Wildman–Crippen LogP) is 6.07. The molecule has 4 rings (SSSR count). The van der Waals surface area contributed by atoms with Crippen LogP contribution in [0.5, 0.6) is 0 Å². The monoisotopic (exact) mass is 492 g/mol. The van der Waals surface area contributed by atoms with Gasteiger partial charge in [0.2, 0.25) is 5.91 Å². The Labute approximate surface area is 210 Å². The zero-order valence-corrected chi connectivity index (χ0v) is 21.5. The number of carboxylic acid groups (broad SMARTS) is 1. The minimum absolute atomic E-state index is 0.0269. The van der Waals surface area contributed by atoms with Gasteiger partial charge in [-0.15, -0.1) is 16.4 Å². The summed E-state index contributed by atoms with van der Waals surface area (Å²) in [6.07, 6.45) is 9.15. The number of hydrogen-bond acceptors (Lipinski definition) is 5. The molecule has 184 valence electrons. The van der Waals surface area contributed by atoms with E-state index in [0.29, 0.717) is 5.92 Å². The number of benzene rings is 1. The number of hydrogen-bond donors (Lipinski definition) is 1. The van der Waals surface area contributed by atoms with Crippen LogP contribution >= 0.6 is 11.3 Å². The molecule has 1 aliphatic carbocycles. The van der Waals surface area contributed by atoms with E-state index in [1.807, 2.05) is 62.6 Å². The smallest absolute Gasteiger partial charge is 0.341 e. The second-order valence-electron chi connectivity index (χ2n) is 9.59. The van der Waals surface area contributed by atoms with Crippen molar-refractivity contribution in [3.05, 3.63) is 57.7 Å². The number of aromatic carboxylic acids is 1. The third kappa shape index (κ3) is 5.70. The molecule has 2 heterocycles. The molecular weight excluding hydrogens is 460 g/mol. The third-order valence-electron chi connectivity index (χ3n) is 6.51. The topological polar surface area (TPSA) is 88.3 Å². The van der Waals surface area contributed by atoms with Crippen molar-refractivity contribution >= 4 is 41.2 Å². The molecule has 35 heavy (non-hydrogen) atoms. The zero-order chi connectivity index (χ0) is 25.1. The second-order valence-corrected chi connectivity index (χ2v) is 10.7. The fourth-order valence-corrected chi connectivity index (χ4v) is 5.09. The average molecular weight is 493 g/mol. The largest absolute Gasteiger partial charge is 0.477 e. The van der Waals surface area contributed by atoms with Gasteiger partial charge in [-0.05, 0) is 76.1 Å². The van der Waals surface area contributed by atoms with Gasteiger partial charge in [0.05, 0.1) is 16.4 Å². The Kier molecular flexibility index (Phi) is 7.50. The van der Waals surface area contributed by atoms with Gasteiger partial charge in [0.1, 0.15) is 5.56 Å². The van der Waals surface area contributed by atoms with Crippen LogP contribution in [0.3, 0.4) is 0 Å². The lowest BCUT2D eigenvalue weighted by Crippen LogP contribution is -2.43. The van der Waals surface area contributed by atoms with E-state index in [0.717, 1.165) is 47.6 Å². The number of anilines is 1. The molecule has 1 aromatic carbocycles. The SMILES string of the molecule is Cc1nc(/C=C/c2ccc(-n3cc(C(=O)O)c(N(C(=O)[C@H]4CC[C@H](C)CC4)C(C)C)n3)cc2)cs1. The van der Waals surface area contributed by atoms with Gasteiger partial charge in [-0.3, -0.25) is 9.69 Å². The molecule has 7 nitrogen and oxygen atoms in total. The molecule has 3 aromatic rings. The van der Waals surface area contributed by atoms with Crippen LogP contribution in [0, 0.1) is 18.8 Å². The molecule has 1 N–H and O–H groups in total. The van der Waals surface area contributed by atoms with Gasteiger partial charge >= 0.3 is 5.97 Å². The van der Waals surface area contributed by atoms with Crippen LogP contribution in [-0.4, -0.2) is 37.8 Å². The number of nitrogens with zero attached hydrogens (tertiary/aromatic N) is 4. The van der Waals surface area contributed by atoms with Crippen molar-refractivity contribution < 1.29 is 14.7 Å². The summed E-state index contributed by atoms with van der Waals surface area (Å²) in [7, 11) is 0. The van der Waals surface area contributed by atoms with E-state index in [4.69, 9.17) is 0 Å². The van der Waals surface area contributed by atoms with Crippen LogP contribution in [0.2, 0.25) is 0 Å². The van der Waals surface area contributed by atoms with Crippen molar-refractivity contribution in [1.82, 2.24) is 14.8 Å². The maximum Gasteiger partial charge on any atom is 0.341 e. The highest BCUT2D eigenvalue weighted by atomic mass is 32.1. The molecule has 0 unspecified atom stereocenters. The lowest BCUT2D eigenvalue weighted by molar-refractivity contribution is -0.123. The van der Waals surface area contributed by atoms with Crippen molar-refractivity contribution in [2.45, 2.75) is 59.4 Å². The first-order valence-corrected chi connectivity index (χ1v) is 13.0. The van der Waals surface area contributed by atoms with Gasteiger partial charge in [0, 0.05) is 23.5 Å². The molecule has 0 bridgehead atoms. The molecule has 0 atom stereocenters. The van der Waals surface area contributed by atoms with Crippen LogP contribution < -0.4 is 4.90 Å². The number of carboxylic acids is 1. The quantitative estimate of drug-likeness (QED) is 0.432. The highest BCUT2D eigenvalue weighted by Gasteiger charge is 2.34. The lowest BCUT2D eigenvalue weighted by Gasteiger charge is -2.32. The standard InChI is InChI=1S/C27H32N4O3S/c1-17(2)31(26(32)21-10-5-18(3)6-11-21)25-24(27(33)34)15-30(29-25)23-13-8-20(9-14-23)7-12-22-16-35-19(4)28-22/h7-9,12-18,21H,5-6,10-11H2,1-4H3,(H,33,34)/b12-7+/t18-,21-. The van der Waals surface area contributed by atoms with Gasteiger partial charge in [0.15, 0.2) is 5.82 Å². The van der Waals surface area contributed by atoms with Crippen molar-refractivity contribution in [2.24, 2.45) is 11.8 Å². The first-order chi connectivity index (χ1) is 16.7. The summed E-state index contributed by atoms with van der Waals surface area (Å²) in [4.78, 5) is 31.6. The Morgan fingerprint density at radius 1 is 1.14 bits per heavy atom. The summed E-state index contributed by atoms with van der Waals surface area (Å²) in [6, 6.07) is 7.46. The Morgan fingerprint density at radius 3 is 2.40 bits per heavy atom. The highest BCUT2D eigenvalue weighted by Crippen LogP contribution is 2.32. The molecule has 1 fully saturated rings. The molecule has 1 amide bonds. The molecule has 1 aliphatic rings. The Morgan fingerprint density at radius 2 is 1.83 bits per heavy atom. The third-order valence-corrected chi connectivity index (χ3v) is 7.30. The second kappa shape index (κ2) is 10.6. The van der Waals surface area contributed by atoms with E-state index in [9.17, 15) is 14.7 Å². The summed E-state index contributed by atoms with van der Waals surface area (Å²) in [5.41, 5.74) is 2.67. The van der Waals surface area contributed by atoms with E-state index in [2.05, 4.69) is 17.0 Å². The van der Waals surface area contributed by atoms with Crippen LogP contribution in [0.25, 0.3) is 17.8 Å². The Balaban J connectivity index is 1.60. The van der Waals surface area contributed by atoms with Crippen molar-refractivity contribution in [2.75, 3.05) is 4.90 Å². The molecule has 2 aromatic heterocycles. The summed E-state index contributed by atoms with van der Waals surface area (Å²) in [6.45, 7) is 7.99. The van der Waals surface area contributed by atoms with Crippen LogP contribution in [0.15, 0.2) is 35.8 Å². The van der Waals surface area contributed by atoms with Crippen LogP contribution in [0.4, 0.5) is 5.82 Å².